The van der Waals surface area contributed by atoms with Gasteiger partial charge in [0.2, 0.25) is 0 Å². The maximum absolute atomic E-state index is 12.7. The van der Waals surface area contributed by atoms with Gasteiger partial charge in [0.05, 0.1) is 17.4 Å². The predicted octanol–water partition coefficient (Wildman–Crippen LogP) is 5.49. The van der Waals surface area contributed by atoms with Crippen LogP contribution in [0.25, 0.3) is 0 Å². The van der Waals surface area contributed by atoms with Crippen LogP contribution in [0, 0.1) is 0 Å². The Hall–Kier alpha value is -3.55. The number of hydrogen-bond acceptors (Lipinski definition) is 3. The zero-order chi connectivity index (χ0) is 19.3. The maximum atomic E-state index is 12.7. The largest absolute Gasteiger partial charge is 0.416 e. The molecule has 0 spiro atoms. The van der Waals surface area contributed by atoms with Gasteiger partial charge in [-0.25, -0.2) is 9.78 Å². The number of carbonyl (C=O) groups is 1. The van der Waals surface area contributed by atoms with Crippen molar-refractivity contribution in [1.29, 1.82) is 0 Å². The number of amides is 2. The number of benzene rings is 2. The van der Waals surface area contributed by atoms with E-state index in [9.17, 15) is 18.0 Å². The molecule has 3 rings (SSSR count). The molecule has 0 aliphatic carbocycles. The molecule has 0 atom stereocenters. The van der Waals surface area contributed by atoms with Gasteiger partial charge in [0, 0.05) is 11.4 Å². The number of anilines is 4. The SMILES string of the molecule is O=C(Nc1ccccc1)Nc1ccc(Nc2cccc(C(F)(F)F)c2)nc1. The molecule has 27 heavy (non-hydrogen) atoms. The second-order valence-electron chi connectivity index (χ2n) is 5.58. The summed E-state index contributed by atoms with van der Waals surface area (Å²) in [5.74, 6) is 0.350. The van der Waals surface area contributed by atoms with E-state index in [1.807, 2.05) is 6.07 Å². The summed E-state index contributed by atoms with van der Waals surface area (Å²) in [5, 5.41) is 8.08. The van der Waals surface area contributed by atoms with Crippen LogP contribution in [0.4, 0.5) is 40.8 Å². The summed E-state index contributed by atoms with van der Waals surface area (Å²) in [4.78, 5) is 16.0. The van der Waals surface area contributed by atoms with E-state index in [-0.39, 0.29) is 5.69 Å². The first-order valence-electron chi connectivity index (χ1n) is 7.93. The highest BCUT2D eigenvalue weighted by Gasteiger charge is 2.30. The van der Waals surface area contributed by atoms with Crippen molar-refractivity contribution in [3.05, 3.63) is 78.5 Å². The summed E-state index contributed by atoms with van der Waals surface area (Å²) in [5.41, 5.74) is 0.604. The van der Waals surface area contributed by atoms with Gasteiger partial charge >= 0.3 is 12.2 Å². The third kappa shape index (κ3) is 5.21. The molecular weight excluding hydrogens is 357 g/mol. The third-order valence-electron chi connectivity index (χ3n) is 3.52. The Bertz CT molecular complexity index is 912. The first-order valence-corrected chi connectivity index (χ1v) is 7.93. The van der Waals surface area contributed by atoms with E-state index in [1.165, 1.54) is 18.3 Å². The number of aromatic nitrogens is 1. The van der Waals surface area contributed by atoms with Crippen LogP contribution in [0.1, 0.15) is 5.56 Å². The molecule has 0 aliphatic heterocycles. The van der Waals surface area contributed by atoms with Crippen molar-refractivity contribution in [2.24, 2.45) is 0 Å². The lowest BCUT2D eigenvalue weighted by molar-refractivity contribution is -0.137. The second-order valence-corrected chi connectivity index (χ2v) is 5.58. The molecule has 0 fully saturated rings. The lowest BCUT2D eigenvalue weighted by Gasteiger charge is -2.11. The molecule has 138 valence electrons. The molecule has 5 nitrogen and oxygen atoms in total. The lowest BCUT2D eigenvalue weighted by Crippen LogP contribution is -2.19. The number of pyridine rings is 1. The summed E-state index contributed by atoms with van der Waals surface area (Å²) >= 11 is 0. The molecule has 2 amide bonds. The average molecular weight is 372 g/mol. The van der Waals surface area contributed by atoms with Crippen molar-refractivity contribution in [2.45, 2.75) is 6.18 Å². The highest BCUT2D eigenvalue weighted by molar-refractivity contribution is 5.99. The van der Waals surface area contributed by atoms with E-state index in [2.05, 4.69) is 20.9 Å². The van der Waals surface area contributed by atoms with E-state index in [0.717, 1.165) is 12.1 Å². The van der Waals surface area contributed by atoms with Gasteiger partial charge in [-0.3, -0.25) is 0 Å². The van der Waals surface area contributed by atoms with Crippen LogP contribution in [0.5, 0.6) is 0 Å². The number of nitrogens with zero attached hydrogens (tertiary/aromatic N) is 1. The van der Waals surface area contributed by atoms with Crippen LogP contribution < -0.4 is 16.0 Å². The molecule has 2 aromatic carbocycles. The minimum absolute atomic E-state index is 0.264. The van der Waals surface area contributed by atoms with Crippen molar-refractivity contribution in [2.75, 3.05) is 16.0 Å². The average Bonchev–Trinajstić information content (AvgIpc) is 2.64. The standard InChI is InChI=1S/C19H15F3N4O/c20-19(21,22)13-5-4-8-15(11-13)24-17-10-9-16(12-23-17)26-18(27)25-14-6-2-1-3-7-14/h1-12H,(H,23,24)(H2,25,26,27). The number of para-hydroxylation sites is 1. The van der Waals surface area contributed by atoms with Crippen LogP contribution >= 0.6 is 0 Å². The fraction of sp³-hybridized carbons (Fsp3) is 0.0526. The summed E-state index contributed by atoms with van der Waals surface area (Å²) < 4.78 is 38.2. The molecule has 3 N–H and O–H groups in total. The Morgan fingerprint density at radius 3 is 2.19 bits per heavy atom. The summed E-state index contributed by atoms with van der Waals surface area (Å²) in [6, 6.07) is 16.5. The van der Waals surface area contributed by atoms with Gasteiger partial charge in [-0.2, -0.15) is 13.2 Å². The van der Waals surface area contributed by atoms with Crippen LogP contribution in [-0.2, 0) is 6.18 Å². The van der Waals surface area contributed by atoms with E-state index in [0.29, 0.717) is 17.2 Å². The van der Waals surface area contributed by atoms with Gasteiger partial charge in [0.25, 0.3) is 0 Å². The molecule has 0 aliphatic rings. The highest BCUT2D eigenvalue weighted by atomic mass is 19.4. The van der Waals surface area contributed by atoms with Gasteiger partial charge in [-0.1, -0.05) is 24.3 Å². The smallest absolute Gasteiger partial charge is 0.340 e. The number of alkyl halides is 3. The fourth-order valence-electron chi connectivity index (χ4n) is 2.28. The van der Waals surface area contributed by atoms with Crippen molar-refractivity contribution in [3.8, 4) is 0 Å². The number of rotatable bonds is 4. The van der Waals surface area contributed by atoms with E-state index >= 15 is 0 Å². The van der Waals surface area contributed by atoms with Crippen molar-refractivity contribution >= 4 is 28.9 Å². The van der Waals surface area contributed by atoms with Gasteiger partial charge in [-0.05, 0) is 42.5 Å². The molecule has 0 saturated carbocycles. The molecule has 1 heterocycles. The first kappa shape index (κ1) is 18.2. The summed E-state index contributed by atoms with van der Waals surface area (Å²) in [7, 11) is 0. The maximum Gasteiger partial charge on any atom is 0.416 e. The van der Waals surface area contributed by atoms with Crippen molar-refractivity contribution in [3.63, 3.8) is 0 Å². The quantitative estimate of drug-likeness (QED) is 0.567. The van der Waals surface area contributed by atoms with E-state index in [1.54, 1.807) is 36.4 Å². The molecular formula is C19H15F3N4O. The molecule has 1 aromatic heterocycles. The summed E-state index contributed by atoms with van der Waals surface area (Å²) in [6.45, 7) is 0. The minimum Gasteiger partial charge on any atom is -0.340 e. The zero-order valence-corrected chi connectivity index (χ0v) is 13.9. The number of urea groups is 1. The zero-order valence-electron chi connectivity index (χ0n) is 13.9. The number of halogens is 3. The Balaban J connectivity index is 1.61. The van der Waals surface area contributed by atoms with Crippen LogP contribution in [0.3, 0.4) is 0 Å². The molecule has 0 saturated heterocycles. The molecule has 0 radical (unpaired) electrons. The number of hydrogen-bond donors (Lipinski definition) is 3. The second kappa shape index (κ2) is 7.77. The van der Waals surface area contributed by atoms with E-state index < -0.39 is 17.8 Å². The Kier molecular flexibility index (Phi) is 5.25. The van der Waals surface area contributed by atoms with Crippen molar-refractivity contribution in [1.82, 2.24) is 4.98 Å². The molecule has 3 aromatic rings. The molecule has 8 heteroatoms. The Morgan fingerprint density at radius 1 is 0.815 bits per heavy atom. The van der Waals surface area contributed by atoms with Crippen LogP contribution in [0.2, 0.25) is 0 Å². The van der Waals surface area contributed by atoms with Gasteiger partial charge in [-0.15, -0.1) is 0 Å². The number of carbonyl (C=O) groups excluding carboxylic acids is 1. The third-order valence-corrected chi connectivity index (χ3v) is 3.52. The fourth-order valence-corrected chi connectivity index (χ4v) is 2.28. The first-order chi connectivity index (χ1) is 12.9. The minimum atomic E-state index is -4.41. The van der Waals surface area contributed by atoms with Crippen molar-refractivity contribution < 1.29 is 18.0 Å². The monoisotopic (exact) mass is 372 g/mol. The molecule has 0 bridgehead atoms. The topological polar surface area (TPSA) is 66.1 Å². The molecule has 0 unspecified atom stereocenters. The normalized spacial score (nSPS) is 10.9. The van der Waals surface area contributed by atoms with E-state index in [4.69, 9.17) is 0 Å². The summed E-state index contributed by atoms with van der Waals surface area (Å²) in [6.07, 6.45) is -3.01. The number of nitrogens with one attached hydrogen (secondary N) is 3. The van der Waals surface area contributed by atoms with Gasteiger partial charge < -0.3 is 16.0 Å². The van der Waals surface area contributed by atoms with Gasteiger partial charge in [0.1, 0.15) is 5.82 Å². The lowest BCUT2D eigenvalue weighted by atomic mass is 10.2. The Labute approximate surface area is 153 Å². The highest BCUT2D eigenvalue weighted by Crippen LogP contribution is 2.31. The van der Waals surface area contributed by atoms with Crippen LogP contribution in [-0.4, -0.2) is 11.0 Å². The Morgan fingerprint density at radius 2 is 1.52 bits per heavy atom. The van der Waals surface area contributed by atoms with Crippen LogP contribution in [0.15, 0.2) is 72.9 Å². The predicted molar refractivity (Wildman–Crippen MR) is 98.0 cm³/mol. The van der Waals surface area contributed by atoms with Gasteiger partial charge in [0.15, 0.2) is 0 Å².